The van der Waals surface area contributed by atoms with E-state index < -0.39 is 15.8 Å². The van der Waals surface area contributed by atoms with E-state index in [-0.39, 0.29) is 12.5 Å². The van der Waals surface area contributed by atoms with Crippen molar-refractivity contribution in [2.45, 2.75) is 45.1 Å². The SMILES string of the molecule is CC(C)CNS(=O)(=O)NCC1(O)CCCC1. The zero-order valence-electron chi connectivity index (χ0n) is 9.99. The van der Waals surface area contributed by atoms with E-state index in [0.29, 0.717) is 19.4 Å². The standard InChI is InChI=1S/C10H22N2O3S/c1-9(2)7-11-16(14,15)12-8-10(13)5-3-4-6-10/h9,11-13H,3-8H2,1-2H3. The Bertz CT molecular complexity index is 308. The van der Waals surface area contributed by atoms with Crippen molar-refractivity contribution in [1.29, 1.82) is 0 Å². The third-order valence-corrected chi connectivity index (χ3v) is 3.88. The molecular weight excluding hydrogens is 228 g/mol. The maximum absolute atomic E-state index is 11.5. The summed E-state index contributed by atoms with van der Waals surface area (Å²) in [6, 6.07) is 0. The summed E-state index contributed by atoms with van der Waals surface area (Å²) in [6.45, 7) is 4.40. The van der Waals surface area contributed by atoms with Gasteiger partial charge in [-0.2, -0.15) is 13.1 Å². The van der Waals surface area contributed by atoms with E-state index in [2.05, 4.69) is 9.44 Å². The molecule has 0 atom stereocenters. The summed E-state index contributed by atoms with van der Waals surface area (Å²) in [4.78, 5) is 0. The van der Waals surface area contributed by atoms with E-state index in [1.807, 2.05) is 13.8 Å². The fourth-order valence-corrected chi connectivity index (χ4v) is 2.88. The average Bonchev–Trinajstić information content (AvgIpc) is 2.61. The molecule has 0 aliphatic heterocycles. The van der Waals surface area contributed by atoms with Gasteiger partial charge in [-0.15, -0.1) is 0 Å². The molecular formula is C10H22N2O3S. The van der Waals surface area contributed by atoms with E-state index in [0.717, 1.165) is 12.8 Å². The van der Waals surface area contributed by atoms with Crippen molar-refractivity contribution < 1.29 is 13.5 Å². The molecule has 1 saturated carbocycles. The van der Waals surface area contributed by atoms with E-state index in [9.17, 15) is 13.5 Å². The Morgan fingerprint density at radius 3 is 2.31 bits per heavy atom. The van der Waals surface area contributed by atoms with Gasteiger partial charge in [-0.25, -0.2) is 4.72 Å². The van der Waals surface area contributed by atoms with Crippen LogP contribution in [0.3, 0.4) is 0 Å². The molecule has 0 aromatic heterocycles. The number of hydrogen-bond donors (Lipinski definition) is 3. The molecule has 96 valence electrons. The van der Waals surface area contributed by atoms with Crippen LogP contribution in [-0.2, 0) is 10.2 Å². The lowest BCUT2D eigenvalue weighted by Gasteiger charge is -2.22. The van der Waals surface area contributed by atoms with Gasteiger partial charge in [0.05, 0.1) is 5.60 Å². The minimum Gasteiger partial charge on any atom is -0.389 e. The molecule has 1 aliphatic carbocycles. The fourth-order valence-electron chi connectivity index (χ4n) is 1.77. The highest BCUT2D eigenvalue weighted by atomic mass is 32.2. The van der Waals surface area contributed by atoms with Gasteiger partial charge in [0.15, 0.2) is 0 Å². The molecule has 6 heteroatoms. The average molecular weight is 250 g/mol. The van der Waals surface area contributed by atoms with Crippen molar-refractivity contribution in [2.75, 3.05) is 13.1 Å². The first-order valence-corrected chi connectivity index (χ1v) is 7.28. The minimum absolute atomic E-state index is 0.112. The zero-order valence-corrected chi connectivity index (χ0v) is 10.8. The van der Waals surface area contributed by atoms with E-state index in [1.54, 1.807) is 0 Å². The van der Waals surface area contributed by atoms with Gasteiger partial charge in [-0.1, -0.05) is 26.7 Å². The highest BCUT2D eigenvalue weighted by Crippen LogP contribution is 2.28. The lowest BCUT2D eigenvalue weighted by molar-refractivity contribution is 0.0531. The topological polar surface area (TPSA) is 78.4 Å². The van der Waals surface area contributed by atoms with Crippen LogP contribution in [0.5, 0.6) is 0 Å². The van der Waals surface area contributed by atoms with Crippen molar-refractivity contribution in [3.05, 3.63) is 0 Å². The van der Waals surface area contributed by atoms with E-state index in [4.69, 9.17) is 0 Å². The third-order valence-electron chi connectivity index (χ3n) is 2.81. The van der Waals surface area contributed by atoms with Crippen LogP contribution in [0.15, 0.2) is 0 Å². The van der Waals surface area contributed by atoms with Crippen LogP contribution in [0, 0.1) is 5.92 Å². The molecule has 0 radical (unpaired) electrons. The molecule has 3 N–H and O–H groups in total. The highest BCUT2D eigenvalue weighted by Gasteiger charge is 2.32. The second-order valence-corrected chi connectivity index (χ2v) is 6.58. The number of aliphatic hydroxyl groups is 1. The van der Waals surface area contributed by atoms with Crippen LogP contribution in [0.1, 0.15) is 39.5 Å². The summed E-state index contributed by atoms with van der Waals surface area (Å²) in [5, 5.41) is 9.98. The highest BCUT2D eigenvalue weighted by molar-refractivity contribution is 7.87. The summed E-state index contributed by atoms with van der Waals surface area (Å²) in [5.41, 5.74) is -0.841. The quantitative estimate of drug-likeness (QED) is 0.637. The van der Waals surface area contributed by atoms with Crippen LogP contribution in [-0.4, -0.2) is 32.2 Å². The zero-order chi connectivity index (χ0) is 12.2. The Hall–Kier alpha value is -0.170. The Kier molecular flexibility index (Phi) is 4.73. The van der Waals surface area contributed by atoms with Gasteiger partial charge in [0, 0.05) is 13.1 Å². The molecule has 0 unspecified atom stereocenters. The van der Waals surface area contributed by atoms with Crippen molar-refractivity contribution in [2.24, 2.45) is 5.92 Å². The molecule has 0 bridgehead atoms. The maximum atomic E-state index is 11.5. The molecule has 0 heterocycles. The van der Waals surface area contributed by atoms with Gasteiger partial charge in [0.2, 0.25) is 0 Å². The van der Waals surface area contributed by atoms with Gasteiger partial charge in [-0.3, -0.25) is 0 Å². The molecule has 0 saturated heterocycles. The van der Waals surface area contributed by atoms with Crippen LogP contribution in [0.2, 0.25) is 0 Å². The second-order valence-electron chi connectivity index (χ2n) is 5.00. The van der Waals surface area contributed by atoms with Gasteiger partial charge >= 0.3 is 0 Å². The van der Waals surface area contributed by atoms with Crippen molar-refractivity contribution in [1.82, 2.24) is 9.44 Å². The summed E-state index contributed by atoms with van der Waals surface area (Å²) >= 11 is 0. The van der Waals surface area contributed by atoms with Gasteiger partial charge < -0.3 is 5.11 Å². The Balaban J connectivity index is 2.35. The lowest BCUT2D eigenvalue weighted by atomic mass is 10.0. The monoisotopic (exact) mass is 250 g/mol. The summed E-state index contributed by atoms with van der Waals surface area (Å²) in [5.74, 6) is 0.270. The maximum Gasteiger partial charge on any atom is 0.277 e. The smallest absolute Gasteiger partial charge is 0.277 e. The summed E-state index contributed by atoms with van der Waals surface area (Å²) < 4.78 is 27.9. The lowest BCUT2D eigenvalue weighted by Crippen LogP contribution is -2.46. The normalized spacial score (nSPS) is 20.5. The molecule has 16 heavy (non-hydrogen) atoms. The predicted octanol–water partition coefficient (Wildman–Crippen LogP) is 0.372. The Labute approximate surface area is 97.8 Å². The van der Waals surface area contributed by atoms with Crippen molar-refractivity contribution >= 4 is 10.2 Å². The predicted molar refractivity (Wildman–Crippen MR) is 63.2 cm³/mol. The van der Waals surface area contributed by atoms with Crippen LogP contribution >= 0.6 is 0 Å². The first-order valence-electron chi connectivity index (χ1n) is 5.80. The van der Waals surface area contributed by atoms with E-state index >= 15 is 0 Å². The van der Waals surface area contributed by atoms with E-state index in [1.165, 1.54) is 0 Å². The van der Waals surface area contributed by atoms with Crippen LogP contribution in [0.25, 0.3) is 0 Å². The Morgan fingerprint density at radius 2 is 1.81 bits per heavy atom. The first kappa shape index (κ1) is 13.9. The van der Waals surface area contributed by atoms with Crippen LogP contribution in [0.4, 0.5) is 0 Å². The Morgan fingerprint density at radius 1 is 1.25 bits per heavy atom. The minimum atomic E-state index is -3.46. The number of hydrogen-bond acceptors (Lipinski definition) is 3. The van der Waals surface area contributed by atoms with Gasteiger partial charge in [0.25, 0.3) is 10.2 Å². The second kappa shape index (κ2) is 5.44. The molecule has 0 amide bonds. The molecule has 0 aromatic rings. The van der Waals surface area contributed by atoms with Gasteiger partial charge in [-0.05, 0) is 18.8 Å². The summed E-state index contributed by atoms with van der Waals surface area (Å²) in [7, 11) is -3.46. The van der Waals surface area contributed by atoms with Crippen molar-refractivity contribution in [3.63, 3.8) is 0 Å². The van der Waals surface area contributed by atoms with Crippen LogP contribution < -0.4 is 9.44 Å². The number of rotatable bonds is 6. The fraction of sp³-hybridized carbons (Fsp3) is 1.00. The first-order chi connectivity index (χ1) is 7.33. The third kappa shape index (κ3) is 4.78. The summed E-state index contributed by atoms with van der Waals surface area (Å²) in [6.07, 6.45) is 3.30. The molecule has 1 rings (SSSR count). The number of nitrogens with one attached hydrogen (secondary N) is 2. The molecule has 5 nitrogen and oxygen atoms in total. The van der Waals surface area contributed by atoms with Gasteiger partial charge in [0.1, 0.15) is 0 Å². The molecule has 1 aliphatic rings. The molecule has 1 fully saturated rings. The molecule has 0 aromatic carbocycles. The molecule has 0 spiro atoms. The van der Waals surface area contributed by atoms with Crippen molar-refractivity contribution in [3.8, 4) is 0 Å². The largest absolute Gasteiger partial charge is 0.389 e.